The second-order valence-corrected chi connectivity index (χ2v) is 8.31. The maximum atomic E-state index is 13.7. The number of benzene rings is 1. The van der Waals surface area contributed by atoms with Crippen LogP contribution in [0.3, 0.4) is 0 Å². The van der Waals surface area contributed by atoms with Crippen LogP contribution >= 0.6 is 11.6 Å². The van der Waals surface area contributed by atoms with Gasteiger partial charge in [0, 0.05) is 32.8 Å². The third-order valence-corrected chi connectivity index (χ3v) is 5.80. The first-order valence-corrected chi connectivity index (χ1v) is 11.0. The highest BCUT2D eigenvalue weighted by Crippen LogP contribution is 2.18. The lowest BCUT2D eigenvalue weighted by molar-refractivity contribution is 0.277. The zero-order chi connectivity index (χ0) is 24.4. The van der Waals surface area contributed by atoms with Gasteiger partial charge in [-0.25, -0.2) is 18.6 Å². The Morgan fingerprint density at radius 3 is 2.53 bits per heavy atom. The van der Waals surface area contributed by atoms with Crippen LogP contribution in [0.25, 0.3) is 11.2 Å². The van der Waals surface area contributed by atoms with E-state index in [9.17, 15) is 23.5 Å². The van der Waals surface area contributed by atoms with Crippen LogP contribution in [0.2, 0.25) is 5.02 Å². The van der Waals surface area contributed by atoms with Crippen LogP contribution in [0.15, 0.2) is 46.1 Å². The van der Waals surface area contributed by atoms with E-state index in [0.29, 0.717) is 34.9 Å². The molecule has 4 aromatic rings. The highest BCUT2D eigenvalue weighted by Gasteiger charge is 2.21. The summed E-state index contributed by atoms with van der Waals surface area (Å²) >= 11 is 5.94. The van der Waals surface area contributed by atoms with E-state index in [4.69, 9.17) is 11.6 Å². The van der Waals surface area contributed by atoms with Crippen molar-refractivity contribution in [2.75, 3.05) is 6.61 Å². The number of nitrogens with zero attached hydrogens (tertiary/aromatic N) is 5. The third kappa shape index (κ3) is 4.64. The number of aliphatic hydroxyl groups excluding tert-OH is 1. The molecule has 4 rings (SSSR count). The Kier molecular flexibility index (Phi) is 6.90. The number of hydrogen-bond donors (Lipinski definition) is 1. The first-order chi connectivity index (χ1) is 16.3. The number of rotatable bonds is 8. The van der Waals surface area contributed by atoms with E-state index in [1.807, 2.05) is 0 Å². The van der Waals surface area contributed by atoms with Gasteiger partial charge in [0.15, 0.2) is 22.8 Å². The van der Waals surface area contributed by atoms with Crippen LogP contribution in [0.1, 0.15) is 23.5 Å². The molecule has 0 radical (unpaired) electrons. The molecule has 0 aliphatic rings. The lowest BCUT2D eigenvalue weighted by Crippen LogP contribution is -2.40. The van der Waals surface area contributed by atoms with E-state index in [1.165, 1.54) is 23.9 Å². The highest BCUT2D eigenvalue weighted by atomic mass is 35.5. The van der Waals surface area contributed by atoms with Crippen LogP contribution in [-0.2, 0) is 33.0 Å². The van der Waals surface area contributed by atoms with E-state index in [1.54, 1.807) is 16.7 Å². The maximum absolute atomic E-state index is 13.7. The smallest absolute Gasteiger partial charge is 0.332 e. The average Bonchev–Trinajstić information content (AvgIpc) is 3.18. The molecule has 178 valence electrons. The van der Waals surface area contributed by atoms with Crippen molar-refractivity contribution in [3.63, 3.8) is 0 Å². The van der Waals surface area contributed by atoms with E-state index < -0.39 is 22.9 Å². The van der Waals surface area contributed by atoms with Gasteiger partial charge in [0.25, 0.3) is 5.56 Å². The normalized spacial score (nSPS) is 11.4. The highest BCUT2D eigenvalue weighted by molar-refractivity contribution is 6.30. The van der Waals surface area contributed by atoms with Crippen molar-refractivity contribution in [3.05, 3.63) is 91.1 Å². The summed E-state index contributed by atoms with van der Waals surface area (Å²) in [6.07, 6.45) is 2.38. The number of pyridine rings is 1. The van der Waals surface area contributed by atoms with Gasteiger partial charge in [-0.05, 0) is 42.7 Å². The fourth-order valence-corrected chi connectivity index (χ4v) is 3.93. The summed E-state index contributed by atoms with van der Waals surface area (Å²) < 4.78 is 31.0. The first kappa shape index (κ1) is 23.8. The SMILES string of the molecule is Cn1c(=O)n(CCCO)c(=O)c2c1nc(CCc1ccc(F)c(F)c1)n2Cc1ccc(Cl)cn1. The van der Waals surface area contributed by atoms with Gasteiger partial charge in [-0.3, -0.25) is 18.9 Å². The molecule has 0 bridgehead atoms. The lowest BCUT2D eigenvalue weighted by Gasteiger charge is -2.11. The van der Waals surface area contributed by atoms with Crippen molar-refractivity contribution >= 4 is 22.8 Å². The second-order valence-electron chi connectivity index (χ2n) is 7.88. The number of hydrogen-bond acceptors (Lipinski definition) is 5. The maximum Gasteiger partial charge on any atom is 0.332 e. The molecule has 0 saturated heterocycles. The molecular formula is C23H22ClF2N5O3. The van der Waals surface area contributed by atoms with Crippen LogP contribution in [-0.4, -0.2) is 35.4 Å². The van der Waals surface area contributed by atoms with Crippen molar-refractivity contribution in [3.8, 4) is 0 Å². The zero-order valence-electron chi connectivity index (χ0n) is 18.3. The lowest BCUT2D eigenvalue weighted by atomic mass is 10.1. The van der Waals surface area contributed by atoms with Crippen LogP contribution in [0, 0.1) is 11.6 Å². The monoisotopic (exact) mass is 489 g/mol. The molecule has 0 spiro atoms. The minimum absolute atomic E-state index is 0.0620. The van der Waals surface area contributed by atoms with Gasteiger partial charge in [-0.15, -0.1) is 0 Å². The number of halogens is 3. The summed E-state index contributed by atoms with van der Waals surface area (Å²) in [6, 6.07) is 7.08. The largest absolute Gasteiger partial charge is 0.396 e. The standard InChI is InChI=1S/C23H22ClF2N5O3/c1-29-21-20(22(33)30(23(29)34)9-2-10-32)31(13-16-6-5-15(24)12-27-16)19(28-21)8-4-14-3-7-17(25)18(26)11-14/h3,5-7,11-12,32H,2,4,8-10,13H2,1H3. The van der Waals surface area contributed by atoms with Gasteiger partial charge in [0.05, 0.1) is 17.3 Å². The number of aliphatic hydroxyl groups is 1. The van der Waals surface area contributed by atoms with Crippen molar-refractivity contribution in [2.24, 2.45) is 7.05 Å². The Morgan fingerprint density at radius 2 is 1.85 bits per heavy atom. The fourth-order valence-electron chi connectivity index (χ4n) is 3.82. The molecule has 1 N–H and O–H groups in total. The van der Waals surface area contributed by atoms with E-state index >= 15 is 0 Å². The summed E-state index contributed by atoms with van der Waals surface area (Å²) in [5.41, 5.74) is 0.561. The summed E-state index contributed by atoms with van der Waals surface area (Å²) in [4.78, 5) is 34.9. The van der Waals surface area contributed by atoms with Crippen LogP contribution in [0.4, 0.5) is 8.78 Å². The minimum Gasteiger partial charge on any atom is -0.396 e. The van der Waals surface area contributed by atoms with Crippen molar-refractivity contribution in [1.82, 2.24) is 23.7 Å². The number of fused-ring (bicyclic) bond motifs is 1. The summed E-state index contributed by atoms with van der Waals surface area (Å²) in [5, 5.41) is 9.64. The van der Waals surface area contributed by atoms with Crippen molar-refractivity contribution < 1.29 is 13.9 Å². The van der Waals surface area contributed by atoms with Gasteiger partial charge in [0.2, 0.25) is 0 Å². The molecule has 3 heterocycles. The van der Waals surface area contributed by atoms with Gasteiger partial charge in [0.1, 0.15) is 5.82 Å². The summed E-state index contributed by atoms with van der Waals surface area (Å²) in [5.74, 6) is -1.38. The van der Waals surface area contributed by atoms with E-state index in [2.05, 4.69) is 9.97 Å². The Labute approximate surface area is 197 Å². The Bertz CT molecular complexity index is 1460. The molecule has 1 aromatic carbocycles. The molecule has 0 aliphatic carbocycles. The molecule has 0 amide bonds. The molecule has 0 unspecified atom stereocenters. The number of aromatic nitrogens is 5. The Morgan fingerprint density at radius 1 is 1.06 bits per heavy atom. The van der Waals surface area contributed by atoms with Crippen LogP contribution < -0.4 is 11.2 Å². The zero-order valence-corrected chi connectivity index (χ0v) is 19.1. The Balaban J connectivity index is 1.83. The molecule has 8 nitrogen and oxygen atoms in total. The van der Waals surface area contributed by atoms with Gasteiger partial charge >= 0.3 is 5.69 Å². The predicted octanol–water partition coefficient (Wildman–Crippen LogP) is 2.44. The average molecular weight is 490 g/mol. The fraction of sp³-hybridized carbons (Fsp3) is 0.304. The molecular weight excluding hydrogens is 468 g/mol. The summed E-state index contributed by atoms with van der Waals surface area (Å²) in [6.45, 7) is 0.0851. The van der Waals surface area contributed by atoms with E-state index in [-0.39, 0.29) is 37.3 Å². The molecule has 0 atom stereocenters. The molecule has 11 heteroatoms. The van der Waals surface area contributed by atoms with Crippen LogP contribution in [0.5, 0.6) is 0 Å². The third-order valence-electron chi connectivity index (χ3n) is 5.58. The van der Waals surface area contributed by atoms with Crippen molar-refractivity contribution in [2.45, 2.75) is 32.4 Å². The minimum atomic E-state index is -0.939. The predicted molar refractivity (Wildman–Crippen MR) is 123 cm³/mol. The van der Waals surface area contributed by atoms with E-state index in [0.717, 1.165) is 16.7 Å². The molecule has 0 aliphatic heterocycles. The van der Waals surface area contributed by atoms with Gasteiger partial charge < -0.3 is 9.67 Å². The topological polar surface area (TPSA) is 94.9 Å². The van der Waals surface area contributed by atoms with Gasteiger partial charge in [-0.1, -0.05) is 17.7 Å². The Hall–Kier alpha value is -3.37. The number of aryl methyl sites for hydroxylation is 3. The quantitative estimate of drug-likeness (QED) is 0.410. The van der Waals surface area contributed by atoms with Gasteiger partial charge in [-0.2, -0.15) is 0 Å². The molecule has 34 heavy (non-hydrogen) atoms. The summed E-state index contributed by atoms with van der Waals surface area (Å²) in [7, 11) is 1.52. The molecule has 0 saturated carbocycles. The molecule has 3 aromatic heterocycles. The number of imidazole rings is 1. The second kappa shape index (κ2) is 9.86. The first-order valence-electron chi connectivity index (χ1n) is 10.6. The molecule has 0 fully saturated rings. The van der Waals surface area contributed by atoms with Crippen molar-refractivity contribution in [1.29, 1.82) is 0 Å².